The molecule has 0 bridgehead atoms. The first kappa shape index (κ1) is 63.0. The summed E-state index contributed by atoms with van der Waals surface area (Å²) < 4.78 is 85.6. The Morgan fingerprint density at radius 2 is 1.01 bits per heavy atom. The lowest BCUT2D eigenvalue weighted by molar-refractivity contribution is -0.370. The van der Waals surface area contributed by atoms with Gasteiger partial charge in [-0.2, -0.15) is 0 Å². The van der Waals surface area contributed by atoms with Gasteiger partial charge in [0.1, 0.15) is 106 Å². The molecule has 0 saturated carbocycles. The predicted molar refractivity (Wildman–Crippen MR) is 240 cm³/mol. The fourth-order valence-corrected chi connectivity index (χ4v) is 9.20. The van der Waals surface area contributed by atoms with Crippen molar-refractivity contribution in [2.24, 2.45) is 0 Å². The molecule has 0 aromatic heterocycles. The van der Waals surface area contributed by atoms with E-state index in [4.69, 9.17) is 108 Å². The topological polar surface area (TPSA) is 428 Å². The monoisotopic (exact) mass is 1120 g/mol. The summed E-state index contributed by atoms with van der Waals surface area (Å²) >= 11 is 5.40. The summed E-state index contributed by atoms with van der Waals surface area (Å²) in [5.74, 6) is -9.08. The van der Waals surface area contributed by atoms with Crippen LogP contribution in [0.5, 0.6) is 0 Å². The quantitative estimate of drug-likeness (QED) is 0.114. The van der Waals surface area contributed by atoms with E-state index in [9.17, 15) is 45.6 Å². The Bertz CT molecular complexity index is 1760. The van der Waals surface area contributed by atoms with Gasteiger partial charge in [-0.25, -0.2) is 0 Å². The van der Waals surface area contributed by atoms with Gasteiger partial charge in [0.05, 0.1) is 85.9 Å². The highest BCUT2D eigenvalue weighted by Crippen LogP contribution is 2.41. The Hall–Kier alpha value is -1.20. The van der Waals surface area contributed by atoms with Crippen LogP contribution < -0.4 is 0 Å². The average Bonchev–Trinajstić information content (AvgIpc) is 3.92. The summed E-state index contributed by atoms with van der Waals surface area (Å²) in [6.45, 7) is 8.74. The van der Waals surface area contributed by atoms with E-state index in [0.29, 0.717) is 46.2 Å². The Morgan fingerprint density at radius 3 is 1.56 bits per heavy atom. The highest BCUT2D eigenvalue weighted by atomic mass is 35.5. The van der Waals surface area contributed by atoms with Crippen molar-refractivity contribution >= 4 is 17.4 Å². The third-order valence-corrected chi connectivity index (χ3v) is 13.4. The number of rotatable bonds is 5. The van der Waals surface area contributed by atoms with Crippen LogP contribution in [0.1, 0.15) is 27.7 Å². The second kappa shape index (κ2) is 26.1. The highest BCUT2D eigenvalue weighted by molar-refractivity contribution is 6.17. The molecule has 3 spiro atoms. The molecule has 0 aliphatic carbocycles. The zero-order valence-electron chi connectivity index (χ0n) is 41.9. The number of halogens is 1. The van der Waals surface area contributed by atoms with Crippen molar-refractivity contribution in [3.63, 3.8) is 0 Å². The SMILES string of the molecule is CC1(C)O[C@@H]2CO[C@]3(COCCO3)C(=O)[C@@H]2O1.CC1(C)O[C@@H]2[C@@H](CO[C@]3(COCCO3)[C@H]2O)O1.OC[C@@]1(O)OC[C@@H](O)[C@@H](O)[C@@H]1O.OC[C@@]1(OCCCl)OC[C@@H](O)[C@@H](O)[C@@H]1O.O[C@@H]1[C@H](O)CO[C@]2(COCCO2)[C@H]1O. The summed E-state index contributed by atoms with van der Waals surface area (Å²) in [7, 11) is 0. The summed E-state index contributed by atoms with van der Waals surface area (Å²) in [6.07, 6.45) is -14.8. The van der Waals surface area contributed by atoms with Crippen LogP contribution in [0.4, 0.5) is 0 Å². The van der Waals surface area contributed by atoms with Crippen LogP contribution in [0, 0.1) is 0 Å². The molecule has 0 radical (unpaired) electrons. The molecular formula is C44H75ClO30. The molecule has 31 heteroatoms. The van der Waals surface area contributed by atoms with Gasteiger partial charge in [-0.05, 0) is 27.7 Å². The summed E-state index contributed by atoms with van der Waals surface area (Å²) in [6, 6.07) is 0. The molecular weight excluding hydrogens is 1040 g/mol. The van der Waals surface area contributed by atoms with Crippen molar-refractivity contribution in [2.75, 3.05) is 118 Å². The number of hydrogen-bond acceptors (Lipinski definition) is 30. The van der Waals surface area contributed by atoms with Crippen LogP contribution in [0.3, 0.4) is 0 Å². The maximum atomic E-state index is 12.3. The van der Waals surface area contributed by atoms with Gasteiger partial charge in [-0.3, -0.25) is 4.79 Å². The van der Waals surface area contributed by atoms with E-state index >= 15 is 0 Å². The second-order valence-electron chi connectivity index (χ2n) is 19.7. The van der Waals surface area contributed by atoms with Crippen LogP contribution in [-0.2, 0) is 80.6 Å². The van der Waals surface area contributed by atoms with E-state index in [-0.39, 0.29) is 76.7 Å². The molecule has 10 aliphatic rings. The molecule has 13 N–H and O–H groups in total. The maximum Gasteiger partial charge on any atom is 0.256 e. The molecule has 0 aromatic rings. The minimum atomic E-state index is -2.17. The largest absolute Gasteiger partial charge is 0.391 e. The normalized spacial score (nSPS) is 46.8. The predicted octanol–water partition coefficient (Wildman–Crippen LogP) is -7.84. The molecule has 0 unspecified atom stereocenters. The Balaban J connectivity index is 0.000000153. The van der Waals surface area contributed by atoms with Crippen molar-refractivity contribution in [1.29, 1.82) is 0 Å². The van der Waals surface area contributed by atoms with Crippen molar-refractivity contribution in [3.05, 3.63) is 0 Å². The van der Waals surface area contributed by atoms with Gasteiger partial charge in [0.25, 0.3) is 5.79 Å². The van der Waals surface area contributed by atoms with Gasteiger partial charge in [-0.1, -0.05) is 0 Å². The average molecular weight is 1120 g/mol. The number of ether oxygens (including phenoxy) is 16. The minimum Gasteiger partial charge on any atom is -0.391 e. The van der Waals surface area contributed by atoms with E-state index < -0.39 is 127 Å². The number of aliphatic hydroxyl groups is 13. The third-order valence-electron chi connectivity index (χ3n) is 13.3. The van der Waals surface area contributed by atoms with E-state index in [2.05, 4.69) is 4.74 Å². The van der Waals surface area contributed by atoms with E-state index in [1.807, 2.05) is 13.8 Å². The van der Waals surface area contributed by atoms with Crippen LogP contribution in [0.25, 0.3) is 0 Å². The first-order valence-electron chi connectivity index (χ1n) is 24.3. The molecule has 75 heavy (non-hydrogen) atoms. The Kier molecular flexibility index (Phi) is 22.0. The van der Waals surface area contributed by atoms with Crippen molar-refractivity contribution in [3.8, 4) is 0 Å². The number of alkyl halides is 1. The third kappa shape index (κ3) is 14.3. The van der Waals surface area contributed by atoms with Gasteiger partial charge in [0, 0.05) is 5.88 Å². The standard InChI is InChI=1S/C11H18O6.C11H16O6.C8H15ClO6.C8H14O6.C6H12O6/c2*1-10(2)16-7-5-15-11(6-13-3-4-14-11)9(12)8(7)17-10;9-1-2-14-8(4-10)7(13)6(12)5(11)3-15-8;9-5-3-14-8(7(11)6(5)10)4-12-1-2-13-8;7-2-6(11)5(10)4(9)3(8)1-12-6/h7-9,12H,3-6H2,1-2H3;7-8H,3-6H2,1-2H3;5-7,10-13H,1-4H2;5-7,9-11H,1-4H2;3-5,7-11H,1-2H2/t7-,8-,9+,11-;7-,8-,11-;2*5-,6-,7+,8-;3-,4-,5+,6-/m11111/s1. The zero-order chi connectivity index (χ0) is 55.2. The lowest BCUT2D eigenvalue weighted by Crippen LogP contribution is -2.65. The van der Waals surface area contributed by atoms with E-state index in [1.165, 1.54) is 0 Å². The molecule has 438 valence electrons. The molecule has 0 aromatic carbocycles. The summed E-state index contributed by atoms with van der Waals surface area (Å²) in [4.78, 5) is 12.3. The van der Waals surface area contributed by atoms with Gasteiger partial charge in [0.2, 0.25) is 28.9 Å². The van der Waals surface area contributed by atoms with Crippen LogP contribution in [0.2, 0.25) is 0 Å². The fraction of sp³-hybridized carbons (Fsp3) is 0.977. The molecule has 19 atom stereocenters. The van der Waals surface area contributed by atoms with Gasteiger partial charge >= 0.3 is 0 Å². The van der Waals surface area contributed by atoms with Gasteiger partial charge in [0.15, 0.2) is 17.7 Å². The molecule has 10 heterocycles. The molecule has 10 rings (SSSR count). The van der Waals surface area contributed by atoms with Gasteiger partial charge in [-0.15, -0.1) is 11.6 Å². The molecule has 10 fully saturated rings. The number of carbonyl (C=O) groups excluding carboxylic acids is 1. The number of hydrogen-bond donors (Lipinski definition) is 13. The molecule has 10 saturated heterocycles. The number of Topliss-reactive ketones (excluding diaryl/α,β-unsaturated/α-hetero) is 1. The number of carbonyl (C=O) groups is 1. The molecule has 30 nitrogen and oxygen atoms in total. The minimum absolute atomic E-state index is 0.0575. The van der Waals surface area contributed by atoms with E-state index in [1.54, 1.807) is 13.8 Å². The lowest BCUT2D eigenvalue weighted by atomic mass is 9.97. The highest BCUT2D eigenvalue weighted by Gasteiger charge is 2.61. The zero-order valence-corrected chi connectivity index (χ0v) is 42.7. The van der Waals surface area contributed by atoms with E-state index in [0.717, 1.165) is 0 Å². The van der Waals surface area contributed by atoms with Crippen molar-refractivity contribution < 1.29 is 147 Å². The number of fused-ring (bicyclic) bond motifs is 2. The molecule has 10 aliphatic heterocycles. The Labute approximate surface area is 435 Å². The van der Waals surface area contributed by atoms with Crippen LogP contribution in [-0.4, -0.2) is 316 Å². The number of aliphatic hydroxyl groups excluding tert-OH is 12. The van der Waals surface area contributed by atoms with Gasteiger partial charge < -0.3 is 142 Å². The summed E-state index contributed by atoms with van der Waals surface area (Å²) in [5.41, 5.74) is 0. The second-order valence-corrected chi connectivity index (χ2v) is 20.1. The maximum absolute atomic E-state index is 12.3. The first-order valence-corrected chi connectivity index (χ1v) is 24.9. The number of ketones is 1. The Morgan fingerprint density at radius 1 is 0.520 bits per heavy atom. The smallest absolute Gasteiger partial charge is 0.256 e. The fourth-order valence-electron chi connectivity index (χ4n) is 9.12. The van der Waals surface area contributed by atoms with Crippen molar-refractivity contribution in [2.45, 2.75) is 154 Å². The lowest BCUT2D eigenvalue weighted by Gasteiger charge is -2.46. The van der Waals surface area contributed by atoms with Crippen LogP contribution in [0.15, 0.2) is 0 Å². The van der Waals surface area contributed by atoms with Crippen LogP contribution >= 0.6 is 11.6 Å². The first-order chi connectivity index (χ1) is 35.3. The van der Waals surface area contributed by atoms with Crippen molar-refractivity contribution in [1.82, 2.24) is 0 Å². The summed E-state index contributed by atoms with van der Waals surface area (Å²) in [5, 5.41) is 121. The molecule has 0 amide bonds.